The number of aryl methyl sites for hydroxylation is 1. The minimum atomic E-state index is -0.304. The second-order valence-corrected chi connectivity index (χ2v) is 4.64. The number of nitrogens with zero attached hydrogens (tertiary/aromatic N) is 2. The van der Waals surface area contributed by atoms with E-state index in [9.17, 15) is 4.79 Å². The minimum absolute atomic E-state index is 0.00564. The van der Waals surface area contributed by atoms with Gasteiger partial charge in [0, 0.05) is 13.6 Å². The first-order valence-corrected chi connectivity index (χ1v) is 6.59. The van der Waals surface area contributed by atoms with Gasteiger partial charge in [0.05, 0.1) is 11.0 Å². The molecule has 1 aromatic carbocycles. The van der Waals surface area contributed by atoms with Gasteiger partial charge in [-0.25, -0.2) is 4.98 Å². The van der Waals surface area contributed by atoms with E-state index < -0.39 is 0 Å². The zero-order chi connectivity index (χ0) is 13.8. The second kappa shape index (κ2) is 5.73. The largest absolute Gasteiger partial charge is 0.354 e. The van der Waals surface area contributed by atoms with Gasteiger partial charge in [0.1, 0.15) is 6.04 Å². The van der Waals surface area contributed by atoms with Gasteiger partial charge < -0.3 is 15.2 Å². The van der Waals surface area contributed by atoms with Crippen LogP contribution < -0.4 is 10.6 Å². The molecule has 0 aliphatic rings. The summed E-state index contributed by atoms with van der Waals surface area (Å²) >= 11 is 0. The maximum Gasteiger partial charge on any atom is 0.242 e. The van der Waals surface area contributed by atoms with Crippen LogP contribution in [0, 0.1) is 0 Å². The van der Waals surface area contributed by atoms with Crippen LogP contribution in [0.2, 0.25) is 0 Å². The van der Waals surface area contributed by atoms with E-state index in [1.54, 1.807) is 0 Å². The van der Waals surface area contributed by atoms with E-state index in [0.717, 1.165) is 17.5 Å². The molecular weight excluding hydrogens is 240 g/mol. The Kier molecular flexibility index (Phi) is 4.04. The maximum atomic E-state index is 11.8. The van der Waals surface area contributed by atoms with Crippen LogP contribution in [-0.2, 0) is 11.8 Å². The molecule has 0 radical (unpaired) electrons. The summed E-state index contributed by atoms with van der Waals surface area (Å²) in [7, 11) is 1.94. The first-order chi connectivity index (χ1) is 9.13. The number of carbonyl (C=O) groups is 1. The lowest BCUT2D eigenvalue weighted by molar-refractivity contribution is -0.121. The Balaban J connectivity index is 2.12. The van der Waals surface area contributed by atoms with Crippen LogP contribution in [0.5, 0.6) is 0 Å². The molecule has 1 unspecified atom stereocenters. The standard InChI is InChI=1S/C14H20N4O/c1-4-9-15-13(19)10(2)16-14-17-11-7-5-6-8-12(11)18(14)3/h5-8,10H,4,9H2,1-3H3,(H,15,19)(H,16,17). The van der Waals surface area contributed by atoms with Gasteiger partial charge >= 0.3 is 0 Å². The van der Waals surface area contributed by atoms with Gasteiger partial charge in [-0.2, -0.15) is 0 Å². The van der Waals surface area contributed by atoms with Crippen molar-refractivity contribution in [2.45, 2.75) is 26.3 Å². The summed E-state index contributed by atoms with van der Waals surface area (Å²) in [5.74, 6) is 0.703. The quantitative estimate of drug-likeness (QED) is 0.863. The summed E-state index contributed by atoms with van der Waals surface area (Å²) in [6.07, 6.45) is 0.935. The molecule has 19 heavy (non-hydrogen) atoms. The SMILES string of the molecule is CCCNC(=O)C(C)Nc1nc2ccccc2n1C. The van der Waals surface area contributed by atoms with Crippen LogP contribution in [0.15, 0.2) is 24.3 Å². The number of hydrogen-bond acceptors (Lipinski definition) is 3. The molecule has 0 spiro atoms. The van der Waals surface area contributed by atoms with Crippen LogP contribution in [0.25, 0.3) is 11.0 Å². The average Bonchev–Trinajstić information content (AvgIpc) is 2.73. The summed E-state index contributed by atoms with van der Waals surface area (Å²) < 4.78 is 1.96. The van der Waals surface area contributed by atoms with Crippen molar-refractivity contribution in [3.8, 4) is 0 Å². The number of amides is 1. The van der Waals surface area contributed by atoms with Crippen LogP contribution in [0.3, 0.4) is 0 Å². The molecule has 0 saturated heterocycles. The van der Waals surface area contributed by atoms with Gasteiger partial charge in [0.15, 0.2) is 0 Å². The lowest BCUT2D eigenvalue weighted by Crippen LogP contribution is -2.38. The van der Waals surface area contributed by atoms with E-state index in [0.29, 0.717) is 12.5 Å². The molecule has 1 amide bonds. The fraction of sp³-hybridized carbons (Fsp3) is 0.429. The predicted octanol–water partition coefficient (Wildman–Crippen LogP) is 1.90. The third-order valence-corrected chi connectivity index (χ3v) is 3.08. The number of aromatic nitrogens is 2. The van der Waals surface area contributed by atoms with Crippen LogP contribution in [-0.4, -0.2) is 28.0 Å². The highest BCUT2D eigenvalue weighted by Crippen LogP contribution is 2.17. The van der Waals surface area contributed by atoms with Crippen molar-refractivity contribution < 1.29 is 4.79 Å². The Bertz CT molecular complexity index is 576. The molecule has 102 valence electrons. The van der Waals surface area contributed by atoms with E-state index >= 15 is 0 Å². The molecule has 0 fully saturated rings. The number of rotatable bonds is 5. The summed E-state index contributed by atoms with van der Waals surface area (Å²) in [5, 5.41) is 6.02. The van der Waals surface area contributed by atoms with Gasteiger partial charge in [-0.3, -0.25) is 4.79 Å². The molecule has 0 saturated carbocycles. The van der Waals surface area contributed by atoms with E-state index in [-0.39, 0.29) is 11.9 Å². The number of fused-ring (bicyclic) bond motifs is 1. The highest BCUT2D eigenvalue weighted by Gasteiger charge is 2.15. The van der Waals surface area contributed by atoms with Crippen molar-refractivity contribution >= 4 is 22.9 Å². The number of hydrogen-bond donors (Lipinski definition) is 2. The van der Waals surface area contributed by atoms with Crippen LogP contribution >= 0.6 is 0 Å². The molecule has 2 N–H and O–H groups in total. The van der Waals surface area contributed by atoms with Crippen molar-refractivity contribution in [1.29, 1.82) is 0 Å². The minimum Gasteiger partial charge on any atom is -0.354 e. The van der Waals surface area contributed by atoms with E-state index in [1.807, 2.05) is 49.7 Å². The molecule has 1 aromatic heterocycles. The summed E-state index contributed by atoms with van der Waals surface area (Å²) in [5.41, 5.74) is 1.97. The summed E-state index contributed by atoms with van der Waals surface area (Å²) in [6, 6.07) is 7.60. The second-order valence-electron chi connectivity index (χ2n) is 4.64. The predicted molar refractivity (Wildman–Crippen MR) is 77.1 cm³/mol. The van der Waals surface area contributed by atoms with Gasteiger partial charge in [0.25, 0.3) is 0 Å². The molecule has 2 rings (SSSR count). The first kappa shape index (κ1) is 13.4. The van der Waals surface area contributed by atoms with E-state index in [2.05, 4.69) is 15.6 Å². The fourth-order valence-corrected chi connectivity index (χ4v) is 1.94. The summed E-state index contributed by atoms with van der Waals surface area (Å²) in [6.45, 7) is 4.57. The molecule has 5 nitrogen and oxygen atoms in total. The Morgan fingerprint density at radius 2 is 2.16 bits per heavy atom. The van der Waals surface area contributed by atoms with Gasteiger partial charge in [-0.1, -0.05) is 19.1 Å². The molecule has 5 heteroatoms. The van der Waals surface area contributed by atoms with Crippen molar-refractivity contribution in [1.82, 2.24) is 14.9 Å². The molecule has 1 atom stereocenters. The lowest BCUT2D eigenvalue weighted by atomic mass is 10.3. The third-order valence-electron chi connectivity index (χ3n) is 3.08. The molecule has 1 heterocycles. The summed E-state index contributed by atoms with van der Waals surface area (Å²) in [4.78, 5) is 16.3. The zero-order valence-electron chi connectivity index (χ0n) is 11.6. The third kappa shape index (κ3) is 2.86. The highest BCUT2D eigenvalue weighted by molar-refractivity contribution is 5.85. The van der Waals surface area contributed by atoms with Crippen molar-refractivity contribution in [3.63, 3.8) is 0 Å². The Morgan fingerprint density at radius 1 is 1.42 bits per heavy atom. The molecule has 0 bridgehead atoms. The molecule has 2 aromatic rings. The Labute approximate surface area is 113 Å². The Hall–Kier alpha value is -2.04. The van der Waals surface area contributed by atoms with Gasteiger partial charge in [-0.05, 0) is 25.5 Å². The highest BCUT2D eigenvalue weighted by atomic mass is 16.2. The van der Waals surface area contributed by atoms with E-state index in [4.69, 9.17) is 0 Å². The number of imidazole rings is 1. The first-order valence-electron chi connectivity index (χ1n) is 6.59. The molecule has 0 aliphatic heterocycles. The Morgan fingerprint density at radius 3 is 2.84 bits per heavy atom. The molecular formula is C14H20N4O. The van der Waals surface area contributed by atoms with Crippen molar-refractivity contribution in [2.24, 2.45) is 7.05 Å². The van der Waals surface area contributed by atoms with Crippen LogP contribution in [0.1, 0.15) is 20.3 Å². The maximum absolute atomic E-state index is 11.8. The number of benzene rings is 1. The van der Waals surface area contributed by atoms with Crippen molar-refractivity contribution in [3.05, 3.63) is 24.3 Å². The monoisotopic (exact) mass is 260 g/mol. The number of carbonyl (C=O) groups excluding carboxylic acids is 1. The number of para-hydroxylation sites is 2. The number of anilines is 1. The fourth-order valence-electron chi connectivity index (χ4n) is 1.94. The van der Waals surface area contributed by atoms with Gasteiger partial charge in [-0.15, -0.1) is 0 Å². The van der Waals surface area contributed by atoms with Crippen LogP contribution in [0.4, 0.5) is 5.95 Å². The smallest absolute Gasteiger partial charge is 0.242 e. The van der Waals surface area contributed by atoms with E-state index in [1.165, 1.54) is 0 Å². The zero-order valence-corrected chi connectivity index (χ0v) is 11.6. The number of nitrogens with one attached hydrogen (secondary N) is 2. The molecule has 0 aliphatic carbocycles. The van der Waals surface area contributed by atoms with Crippen molar-refractivity contribution in [2.75, 3.05) is 11.9 Å². The topological polar surface area (TPSA) is 59.0 Å². The normalized spacial score (nSPS) is 12.4. The average molecular weight is 260 g/mol. The lowest BCUT2D eigenvalue weighted by Gasteiger charge is -2.14. The van der Waals surface area contributed by atoms with Gasteiger partial charge in [0.2, 0.25) is 11.9 Å².